The molecule has 0 bridgehead atoms. The highest BCUT2D eigenvalue weighted by molar-refractivity contribution is 5.72. The molecule has 0 aliphatic heterocycles. The summed E-state index contributed by atoms with van der Waals surface area (Å²) in [6, 6.07) is 5.50. The van der Waals surface area contributed by atoms with Crippen LogP contribution >= 0.6 is 0 Å². The predicted octanol–water partition coefficient (Wildman–Crippen LogP) is 1.63. The first-order valence-corrected chi connectivity index (χ1v) is 5.88. The number of ether oxygens (including phenoxy) is 2. The fourth-order valence-electron chi connectivity index (χ4n) is 1.79. The molecule has 0 unspecified atom stereocenters. The third kappa shape index (κ3) is 2.90. The number of benzene rings is 1. The van der Waals surface area contributed by atoms with Crippen LogP contribution < -0.4 is 20.5 Å². The SMILES string of the molecule is COc1cc(N)c(NCc2ccn(C)n2)cc1OC. The molecule has 0 fully saturated rings. The summed E-state index contributed by atoms with van der Waals surface area (Å²) in [5, 5.41) is 7.52. The fourth-order valence-corrected chi connectivity index (χ4v) is 1.79. The van der Waals surface area contributed by atoms with Crippen molar-refractivity contribution >= 4 is 11.4 Å². The van der Waals surface area contributed by atoms with Crippen molar-refractivity contribution in [2.75, 3.05) is 25.3 Å². The first kappa shape index (κ1) is 13.1. The van der Waals surface area contributed by atoms with E-state index in [1.54, 1.807) is 25.0 Å². The zero-order chi connectivity index (χ0) is 13.8. The highest BCUT2D eigenvalue weighted by Gasteiger charge is 2.09. The molecule has 0 aliphatic carbocycles. The lowest BCUT2D eigenvalue weighted by Gasteiger charge is -2.13. The van der Waals surface area contributed by atoms with Crippen LogP contribution in [0.3, 0.4) is 0 Å². The highest BCUT2D eigenvalue weighted by atomic mass is 16.5. The van der Waals surface area contributed by atoms with E-state index in [9.17, 15) is 0 Å². The van der Waals surface area contributed by atoms with Crippen LogP contribution in [0, 0.1) is 0 Å². The summed E-state index contributed by atoms with van der Waals surface area (Å²) in [6.45, 7) is 0.598. The summed E-state index contributed by atoms with van der Waals surface area (Å²) >= 11 is 0. The third-order valence-corrected chi connectivity index (χ3v) is 2.78. The van der Waals surface area contributed by atoms with Crippen molar-refractivity contribution in [2.24, 2.45) is 7.05 Å². The van der Waals surface area contributed by atoms with Crippen LogP contribution in [-0.2, 0) is 13.6 Å². The van der Waals surface area contributed by atoms with Crippen LogP contribution in [0.4, 0.5) is 11.4 Å². The molecule has 2 rings (SSSR count). The molecule has 6 nitrogen and oxygen atoms in total. The molecule has 0 aliphatic rings. The Morgan fingerprint density at radius 2 is 1.95 bits per heavy atom. The Bertz CT molecular complexity index is 566. The number of nitrogens with one attached hydrogen (secondary N) is 1. The van der Waals surface area contributed by atoms with Gasteiger partial charge in [0.25, 0.3) is 0 Å². The van der Waals surface area contributed by atoms with Gasteiger partial charge in [-0.25, -0.2) is 0 Å². The Hall–Kier alpha value is -2.37. The molecule has 0 spiro atoms. The van der Waals surface area contributed by atoms with Gasteiger partial charge < -0.3 is 20.5 Å². The second-order valence-electron chi connectivity index (χ2n) is 4.13. The molecule has 102 valence electrons. The van der Waals surface area contributed by atoms with Gasteiger partial charge in [0.1, 0.15) is 0 Å². The number of nitrogens with two attached hydrogens (primary N) is 1. The molecular weight excluding hydrogens is 244 g/mol. The number of methoxy groups -OCH3 is 2. The third-order valence-electron chi connectivity index (χ3n) is 2.78. The van der Waals surface area contributed by atoms with Gasteiger partial charge in [-0.05, 0) is 6.07 Å². The maximum Gasteiger partial charge on any atom is 0.162 e. The number of rotatable bonds is 5. The van der Waals surface area contributed by atoms with Crippen molar-refractivity contribution in [2.45, 2.75) is 6.54 Å². The fraction of sp³-hybridized carbons (Fsp3) is 0.308. The van der Waals surface area contributed by atoms with Gasteiger partial charge in [0.15, 0.2) is 11.5 Å². The number of nitrogens with zero attached hydrogens (tertiary/aromatic N) is 2. The molecule has 0 atom stereocenters. The van der Waals surface area contributed by atoms with Gasteiger partial charge in [0, 0.05) is 25.4 Å². The molecule has 0 radical (unpaired) electrons. The maximum absolute atomic E-state index is 5.97. The zero-order valence-electron chi connectivity index (χ0n) is 11.3. The van der Waals surface area contributed by atoms with Crippen LogP contribution in [0.25, 0.3) is 0 Å². The Morgan fingerprint density at radius 3 is 2.53 bits per heavy atom. The van der Waals surface area contributed by atoms with Crippen molar-refractivity contribution in [3.8, 4) is 11.5 Å². The number of aryl methyl sites for hydroxylation is 1. The van der Waals surface area contributed by atoms with E-state index in [2.05, 4.69) is 10.4 Å². The first-order chi connectivity index (χ1) is 9.13. The van der Waals surface area contributed by atoms with E-state index in [4.69, 9.17) is 15.2 Å². The van der Waals surface area contributed by atoms with Crippen LogP contribution in [0.2, 0.25) is 0 Å². The van der Waals surface area contributed by atoms with Gasteiger partial charge >= 0.3 is 0 Å². The summed E-state index contributed by atoms with van der Waals surface area (Å²) in [4.78, 5) is 0. The van der Waals surface area contributed by atoms with Gasteiger partial charge in [-0.1, -0.05) is 0 Å². The largest absolute Gasteiger partial charge is 0.493 e. The molecule has 0 saturated carbocycles. The van der Waals surface area contributed by atoms with E-state index in [-0.39, 0.29) is 0 Å². The van der Waals surface area contributed by atoms with Gasteiger partial charge in [-0.15, -0.1) is 0 Å². The molecule has 6 heteroatoms. The van der Waals surface area contributed by atoms with Crippen LogP contribution in [0.1, 0.15) is 5.69 Å². The van der Waals surface area contributed by atoms with Crippen LogP contribution in [0.5, 0.6) is 11.5 Å². The van der Waals surface area contributed by atoms with Crippen LogP contribution in [-0.4, -0.2) is 24.0 Å². The number of aromatic nitrogens is 2. The van der Waals surface area contributed by atoms with E-state index in [1.165, 1.54) is 0 Å². The van der Waals surface area contributed by atoms with Crippen LogP contribution in [0.15, 0.2) is 24.4 Å². The van der Waals surface area contributed by atoms with Gasteiger partial charge in [-0.2, -0.15) is 5.10 Å². The number of hydrogen-bond acceptors (Lipinski definition) is 5. The Morgan fingerprint density at radius 1 is 1.26 bits per heavy atom. The Kier molecular flexibility index (Phi) is 3.79. The van der Waals surface area contributed by atoms with Gasteiger partial charge in [0.2, 0.25) is 0 Å². The van der Waals surface area contributed by atoms with E-state index >= 15 is 0 Å². The second-order valence-corrected chi connectivity index (χ2v) is 4.13. The van der Waals surface area contributed by atoms with Crippen molar-refractivity contribution in [3.63, 3.8) is 0 Å². The molecule has 0 amide bonds. The number of anilines is 2. The molecule has 0 saturated heterocycles. The Balaban J connectivity index is 2.15. The lowest BCUT2D eigenvalue weighted by atomic mass is 10.2. The first-order valence-electron chi connectivity index (χ1n) is 5.88. The molecule has 1 aromatic carbocycles. The van der Waals surface area contributed by atoms with E-state index < -0.39 is 0 Å². The van der Waals surface area contributed by atoms with Crippen molar-refractivity contribution in [3.05, 3.63) is 30.1 Å². The lowest BCUT2D eigenvalue weighted by molar-refractivity contribution is 0.355. The van der Waals surface area contributed by atoms with Crippen molar-refractivity contribution in [1.82, 2.24) is 9.78 Å². The molecule has 19 heavy (non-hydrogen) atoms. The van der Waals surface area contributed by atoms with Gasteiger partial charge in [-0.3, -0.25) is 4.68 Å². The standard InChI is InChI=1S/C13H18N4O2/c1-17-5-4-9(16-17)8-15-11-7-13(19-3)12(18-2)6-10(11)14/h4-7,15H,8,14H2,1-3H3. The summed E-state index contributed by atoms with van der Waals surface area (Å²) in [5.74, 6) is 1.25. The molecule has 1 aromatic heterocycles. The average molecular weight is 262 g/mol. The van der Waals surface area contributed by atoms with E-state index in [0.717, 1.165) is 11.4 Å². The Labute approximate surface area is 112 Å². The second kappa shape index (κ2) is 5.51. The summed E-state index contributed by atoms with van der Waals surface area (Å²) < 4.78 is 12.2. The zero-order valence-corrected chi connectivity index (χ0v) is 11.3. The normalized spacial score (nSPS) is 10.3. The average Bonchev–Trinajstić information content (AvgIpc) is 2.82. The van der Waals surface area contributed by atoms with E-state index in [0.29, 0.717) is 23.7 Å². The monoisotopic (exact) mass is 262 g/mol. The van der Waals surface area contributed by atoms with E-state index in [1.807, 2.05) is 25.4 Å². The van der Waals surface area contributed by atoms with Gasteiger partial charge in [0.05, 0.1) is 37.8 Å². The minimum Gasteiger partial charge on any atom is -0.493 e. The molecular formula is C13H18N4O2. The molecule has 1 heterocycles. The van der Waals surface area contributed by atoms with Crippen molar-refractivity contribution < 1.29 is 9.47 Å². The smallest absolute Gasteiger partial charge is 0.162 e. The summed E-state index contributed by atoms with van der Waals surface area (Å²) in [7, 11) is 5.06. The minimum absolute atomic E-state index is 0.598. The summed E-state index contributed by atoms with van der Waals surface area (Å²) in [5.41, 5.74) is 8.31. The minimum atomic E-state index is 0.598. The topological polar surface area (TPSA) is 74.3 Å². The summed E-state index contributed by atoms with van der Waals surface area (Å²) in [6.07, 6.45) is 1.90. The quantitative estimate of drug-likeness (QED) is 0.801. The number of nitrogen functional groups attached to an aromatic ring is 1. The number of hydrogen-bond donors (Lipinski definition) is 2. The highest BCUT2D eigenvalue weighted by Crippen LogP contribution is 2.34. The molecule has 3 N–H and O–H groups in total. The van der Waals surface area contributed by atoms with Crippen molar-refractivity contribution in [1.29, 1.82) is 0 Å². The molecule has 2 aromatic rings. The predicted molar refractivity (Wildman–Crippen MR) is 74.5 cm³/mol. The lowest BCUT2D eigenvalue weighted by Crippen LogP contribution is -2.04. The maximum atomic E-state index is 5.97.